The Balaban J connectivity index is 1.70. The van der Waals surface area contributed by atoms with Crippen molar-refractivity contribution in [1.82, 2.24) is 10.2 Å². The largest absolute Gasteiger partial charge is 0.320 e. The molecule has 1 aromatic carbocycles. The molecule has 0 spiro atoms. The van der Waals surface area contributed by atoms with Crippen molar-refractivity contribution in [3.8, 4) is 0 Å². The summed E-state index contributed by atoms with van der Waals surface area (Å²) in [7, 11) is 2.01. The molecule has 0 bridgehead atoms. The SMILES string of the molecule is CNCCC1CCN(CCc2ccc([N+](=O)[O-])cc2)CC1. The Morgan fingerprint density at radius 1 is 1.29 bits per heavy atom. The summed E-state index contributed by atoms with van der Waals surface area (Å²) in [4.78, 5) is 12.8. The van der Waals surface area contributed by atoms with Gasteiger partial charge in [0, 0.05) is 18.7 Å². The zero-order valence-electron chi connectivity index (χ0n) is 12.8. The molecule has 116 valence electrons. The first kappa shape index (κ1) is 15.9. The van der Waals surface area contributed by atoms with Crippen LogP contribution in [0.15, 0.2) is 24.3 Å². The second-order valence-corrected chi connectivity index (χ2v) is 5.85. The molecule has 5 heteroatoms. The summed E-state index contributed by atoms with van der Waals surface area (Å²) in [5, 5.41) is 13.8. The van der Waals surface area contributed by atoms with Crippen LogP contribution in [0, 0.1) is 16.0 Å². The monoisotopic (exact) mass is 291 g/mol. The number of likely N-dealkylation sites (tertiary alicyclic amines) is 1. The summed E-state index contributed by atoms with van der Waals surface area (Å²) < 4.78 is 0. The normalized spacial score (nSPS) is 17.0. The lowest BCUT2D eigenvalue weighted by Crippen LogP contribution is -2.35. The summed E-state index contributed by atoms with van der Waals surface area (Å²) in [6.07, 6.45) is 4.84. The van der Waals surface area contributed by atoms with Crippen molar-refractivity contribution < 1.29 is 4.92 Å². The number of nitro groups is 1. The fourth-order valence-electron chi connectivity index (χ4n) is 2.92. The third-order valence-corrected chi connectivity index (χ3v) is 4.37. The van der Waals surface area contributed by atoms with Gasteiger partial charge >= 0.3 is 0 Å². The van der Waals surface area contributed by atoms with Crippen LogP contribution in [0.5, 0.6) is 0 Å². The molecule has 2 rings (SSSR count). The lowest BCUT2D eigenvalue weighted by Gasteiger charge is -2.32. The van der Waals surface area contributed by atoms with Gasteiger partial charge in [-0.25, -0.2) is 0 Å². The number of piperidine rings is 1. The van der Waals surface area contributed by atoms with Gasteiger partial charge in [0.2, 0.25) is 0 Å². The maximum absolute atomic E-state index is 10.6. The zero-order chi connectivity index (χ0) is 15.1. The number of hydrogen-bond acceptors (Lipinski definition) is 4. The van der Waals surface area contributed by atoms with Crippen LogP contribution in [-0.4, -0.2) is 43.0 Å². The number of rotatable bonds is 7. The molecule has 1 fully saturated rings. The first-order valence-electron chi connectivity index (χ1n) is 7.79. The van der Waals surface area contributed by atoms with Gasteiger partial charge in [0.15, 0.2) is 0 Å². The molecule has 0 aliphatic carbocycles. The minimum atomic E-state index is -0.348. The molecule has 1 saturated heterocycles. The Bertz CT molecular complexity index is 439. The topological polar surface area (TPSA) is 58.4 Å². The van der Waals surface area contributed by atoms with E-state index in [0.29, 0.717) is 0 Å². The number of hydrogen-bond donors (Lipinski definition) is 1. The van der Waals surface area contributed by atoms with Gasteiger partial charge in [-0.1, -0.05) is 12.1 Å². The van der Waals surface area contributed by atoms with Gasteiger partial charge in [-0.15, -0.1) is 0 Å². The van der Waals surface area contributed by atoms with Crippen LogP contribution >= 0.6 is 0 Å². The van der Waals surface area contributed by atoms with Crippen LogP contribution in [0.2, 0.25) is 0 Å². The van der Waals surface area contributed by atoms with Crippen molar-refractivity contribution in [3.05, 3.63) is 39.9 Å². The number of nitrogens with one attached hydrogen (secondary N) is 1. The van der Waals surface area contributed by atoms with E-state index >= 15 is 0 Å². The molecule has 5 nitrogen and oxygen atoms in total. The molecular formula is C16H25N3O2. The van der Waals surface area contributed by atoms with Crippen molar-refractivity contribution in [2.75, 3.05) is 33.2 Å². The zero-order valence-corrected chi connectivity index (χ0v) is 12.8. The predicted octanol–water partition coefficient (Wildman–Crippen LogP) is 2.46. The van der Waals surface area contributed by atoms with Gasteiger partial charge in [0.25, 0.3) is 5.69 Å². The summed E-state index contributed by atoms with van der Waals surface area (Å²) >= 11 is 0. The molecule has 21 heavy (non-hydrogen) atoms. The number of nitrogens with zero attached hydrogens (tertiary/aromatic N) is 2. The van der Waals surface area contributed by atoms with Crippen LogP contribution in [0.1, 0.15) is 24.8 Å². The van der Waals surface area contributed by atoms with Gasteiger partial charge < -0.3 is 10.2 Å². The van der Waals surface area contributed by atoms with E-state index in [4.69, 9.17) is 0 Å². The minimum Gasteiger partial charge on any atom is -0.320 e. The van der Waals surface area contributed by atoms with Crippen molar-refractivity contribution >= 4 is 5.69 Å². The average Bonchev–Trinajstić information content (AvgIpc) is 2.52. The van der Waals surface area contributed by atoms with Crippen molar-refractivity contribution in [2.24, 2.45) is 5.92 Å². The third-order valence-electron chi connectivity index (χ3n) is 4.37. The smallest absolute Gasteiger partial charge is 0.269 e. The van der Waals surface area contributed by atoms with E-state index in [9.17, 15) is 10.1 Å². The quantitative estimate of drug-likeness (QED) is 0.619. The highest BCUT2D eigenvalue weighted by Gasteiger charge is 2.18. The molecule has 1 aliphatic rings. The molecule has 1 heterocycles. The number of benzene rings is 1. The second kappa shape index (κ2) is 8.10. The number of non-ortho nitro benzene ring substituents is 1. The van der Waals surface area contributed by atoms with E-state index < -0.39 is 0 Å². The molecule has 0 amide bonds. The molecule has 0 aromatic heterocycles. The molecule has 0 radical (unpaired) electrons. The predicted molar refractivity (Wildman–Crippen MR) is 84.5 cm³/mol. The standard InChI is InChI=1S/C16H25N3O2/c1-17-10-6-15-8-12-18(13-9-15)11-7-14-2-4-16(5-3-14)19(20)21/h2-5,15,17H,6-13H2,1H3. The molecular weight excluding hydrogens is 266 g/mol. The van der Waals surface area contributed by atoms with E-state index in [-0.39, 0.29) is 10.6 Å². The highest BCUT2D eigenvalue weighted by atomic mass is 16.6. The van der Waals surface area contributed by atoms with Crippen LogP contribution in [0.25, 0.3) is 0 Å². The first-order valence-corrected chi connectivity index (χ1v) is 7.79. The Hall–Kier alpha value is -1.46. The van der Waals surface area contributed by atoms with Crippen molar-refractivity contribution in [3.63, 3.8) is 0 Å². The van der Waals surface area contributed by atoms with Crippen LogP contribution < -0.4 is 5.32 Å². The van der Waals surface area contributed by atoms with Crippen LogP contribution in [0.4, 0.5) is 5.69 Å². The third kappa shape index (κ3) is 5.10. The fraction of sp³-hybridized carbons (Fsp3) is 0.625. The summed E-state index contributed by atoms with van der Waals surface area (Å²) in [6.45, 7) is 4.53. The van der Waals surface area contributed by atoms with Crippen LogP contribution in [0.3, 0.4) is 0 Å². The molecule has 0 unspecified atom stereocenters. The highest BCUT2D eigenvalue weighted by molar-refractivity contribution is 5.32. The molecule has 1 aliphatic heterocycles. The average molecular weight is 291 g/mol. The molecule has 1 N–H and O–H groups in total. The summed E-state index contributed by atoms with van der Waals surface area (Å²) in [5.74, 6) is 0.869. The lowest BCUT2D eigenvalue weighted by atomic mass is 9.93. The Labute approximate surface area is 126 Å². The van der Waals surface area contributed by atoms with Crippen molar-refractivity contribution in [1.29, 1.82) is 0 Å². The van der Waals surface area contributed by atoms with E-state index in [1.807, 2.05) is 19.2 Å². The minimum absolute atomic E-state index is 0.170. The van der Waals surface area contributed by atoms with Gasteiger partial charge in [-0.05, 0) is 63.8 Å². The maximum Gasteiger partial charge on any atom is 0.269 e. The Kier molecular flexibility index (Phi) is 6.14. The highest BCUT2D eigenvalue weighted by Crippen LogP contribution is 2.20. The van der Waals surface area contributed by atoms with Gasteiger partial charge in [0.1, 0.15) is 0 Å². The van der Waals surface area contributed by atoms with Gasteiger partial charge in [-0.3, -0.25) is 10.1 Å². The molecule has 0 atom stereocenters. The fourth-order valence-corrected chi connectivity index (χ4v) is 2.92. The Morgan fingerprint density at radius 3 is 2.52 bits per heavy atom. The Morgan fingerprint density at radius 2 is 1.95 bits per heavy atom. The van der Waals surface area contributed by atoms with Crippen molar-refractivity contribution in [2.45, 2.75) is 25.7 Å². The maximum atomic E-state index is 10.6. The van der Waals surface area contributed by atoms with Crippen LogP contribution in [-0.2, 0) is 6.42 Å². The van der Waals surface area contributed by atoms with Gasteiger partial charge in [0.05, 0.1) is 4.92 Å². The van der Waals surface area contributed by atoms with E-state index in [1.54, 1.807) is 12.1 Å². The van der Waals surface area contributed by atoms with E-state index in [2.05, 4.69) is 10.2 Å². The second-order valence-electron chi connectivity index (χ2n) is 5.85. The molecule has 0 saturated carbocycles. The lowest BCUT2D eigenvalue weighted by molar-refractivity contribution is -0.384. The number of nitro benzene ring substituents is 1. The van der Waals surface area contributed by atoms with E-state index in [0.717, 1.165) is 25.4 Å². The first-order chi connectivity index (χ1) is 10.2. The van der Waals surface area contributed by atoms with E-state index in [1.165, 1.54) is 37.9 Å². The summed E-state index contributed by atoms with van der Waals surface area (Å²) in [5.41, 5.74) is 1.35. The van der Waals surface area contributed by atoms with Gasteiger partial charge in [-0.2, -0.15) is 0 Å². The molecule has 1 aromatic rings. The summed E-state index contributed by atoms with van der Waals surface area (Å²) in [6, 6.07) is 6.94.